The van der Waals surface area contributed by atoms with Gasteiger partial charge in [-0.15, -0.1) is 0 Å². The molecule has 3 aliphatic heterocycles. The lowest BCUT2D eigenvalue weighted by Crippen LogP contribution is -3.00. The van der Waals surface area contributed by atoms with Gasteiger partial charge in [-0.25, -0.2) is 9.59 Å². The molecule has 3 aliphatic rings. The van der Waals surface area contributed by atoms with Crippen molar-refractivity contribution in [1.29, 1.82) is 0 Å². The third-order valence-electron chi connectivity index (χ3n) is 7.23. The Bertz CT molecular complexity index is 1130. The fourth-order valence-corrected chi connectivity index (χ4v) is 5.41. The number of alkyl carbamates (subject to hydrolysis) is 1. The fourth-order valence-electron chi connectivity index (χ4n) is 5.41. The number of hydrogen-bond donors (Lipinski definition) is 1. The van der Waals surface area contributed by atoms with Crippen molar-refractivity contribution in [3.05, 3.63) is 65.7 Å². The van der Waals surface area contributed by atoms with Gasteiger partial charge in [0.2, 0.25) is 5.78 Å². The Balaban J connectivity index is 0.00000400. The fraction of sp³-hybridized carbons (Fsp3) is 0.483. The number of carbonyl (C=O) groups excluding carboxylic acids is 3. The molecular weight excluding hydrogens is 552 g/mol. The van der Waals surface area contributed by atoms with E-state index in [0.717, 1.165) is 25.9 Å². The van der Waals surface area contributed by atoms with Crippen LogP contribution in [0, 0.1) is 5.92 Å². The molecule has 3 saturated heterocycles. The summed E-state index contributed by atoms with van der Waals surface area (Å²) in [6.07, 6.45) is 0.754. The summed E-state index contributed by atoms with van der Waals surface area (Å²) in [5, 5.41) is 2.69. The summed E-state index contributed by atoms with van der Waals surface area (Å²) < 4.78 is 17.4. The van der Waals surface area contributed by atoms with Gasteiger partial charge in [-0.2, -0.15) is 0 Å². The minimum atomic E-state index is -0.991. The second-order valence-electron chi connectivity index (χ2n) is 11.1. The molecule has 1 unspecified atom stereocenters. The lowest BCUT2D eigenvalue weighted by Gasteiger charge is -2.51. The Morgan fingerprint density at radius 3 is 2.26 bits per heavy atom. The van der Waals surface area contributed by atoms with Gasteiger partial charge in [-0.05, 0) is 38.5 Å². The maximum Gasteiger partial charge on any atom is 0.408 e. The van der Waals surface area contributed by atoms with Gasteiger partial charge in [0.25, 0.3) is 0 Å². The number of fused-ring (bicyclic) bond motifs is 3. The van der Waals surface area contributed by atoms with E-state index in [-0.39, 0.29) is 34.8 Å². The van der Waals surface area contributed by atoms with Crippen molar-refractivity contribution in [3.63, 3.8) is 0 Å². The average molecular weight is 590 g/mol. The van der Waals surface area contributed by atoms with Crippen molar-refractivity contribution < 1.29 is 50.1 Å². The highest BCUT2D eigenvalue weighted by atomic mass is 79.9. The maximum absolute atomic E-state index is 13.4. The van der Waals surface area contributed by atoms with Crippen LogP contribution in [0.2, 0.25) is 0 Å². The molecule has 2 aromatic carbocycles. The van der Waals surface area contributed by atoms with E-state index in [1.165, 1.54) is 0 Å². The summed E-state index contributed by atoms with van der Waals surface area (Å²) in [7, 11) is 1.56. The van der Waals surface area contributed by atoms with Gasteiger partial charge in [-0.3, -0.25) is 4.79 Å². The van der Waals surface area contributed by atoms with Crippen LogP contribution in [-0.2, 0) is 14.3 Å². The van der Waals surface area contributed by atoms with Crippen LogP contribution in [0.4, 0.5) is 4.79 Å². The van der Waals surface area contributed by atoms with Crippen LogP contribution >= 0.6 is 0 Å². The summed E-state index contributed by atoms with van der Waals surface area (Å²) in [5.74, 6) is 0.310. The van der Waals surface area contributed by atoms with E-state index in [2.05, 4.69) is 5.32 Å². The van der Waals surface area contributed by atoms with Crippen LogP contribution in [-0.4, -0.2) is 67.3 Å². The maximum atomic E-state index is 13.4. The molecule has 1 amide bonds. The van der Waals surface area contributed by atoms with Crippen molar-refractivity contribution in [1.82, 2.24) is 5.32 Å². The molecule has 3 heterocycles. The Kier molecular flexibility index (Phi) is 9.59. The number of benzene rings is 2. The molecule has 38 heavy (non-hydrogen) atoms. The molecule has 2 aromatic rings. The highest BCUT2D eigenvalue weighted by Crippen LogP contribution is 2.37. The number of nitrogens with one attached hydrogen (secondary N) is 1. The topological polar surface area (TPSA) is 90.9 Å². The molecule has 0 radical (unpaired) electrons. The van der Waals surface area contributed by atoms with Gasteiger partial charge in [0.15, 0.2) is 12.1 Å². The first-order valence-electron chi connectivity index (χ1n) is 12.9. The molecule has 3 fully saturated rings. The largest absolute Gasteiger partial charge is 1.00 e. The van der Waals surface area contributed by atoms with E-state index in [1.807, 2.05) is 30.3 Å². The third kappa shape index (κ3) is 7.14. The number of nitrogens with zero attached hydrogens (tertiary/aromatic N) is 1. The van der Waals surface area contributed by atoms with E-state index < -0.39 is 23.7 Å². The number of methoxy groups -OCH3 is 1. The monoisotopic (exact) mass is 588 g/mol. The Morgan fingerprint density at radius 2 is 1.63 bits per heavy atom. The first kappa shape index (κ1) is 29.6. The lowest BCUT2D eigenvalue weighted by atomic mass is 9.82. The molecular formula is C29H37BrN2O6. The highest BCUT2D eigenvalue weighted by Gasteiger charge is 2.49. The molecule has 2 bridgehead atoms. The normalized spacial score (nSPS) is 22.9. The number of amides is 1. The highest BCUT2D eigenvalue weighted by molar-refractivity contribution is 5.99. The standard InChI is InChI=1S/C29H36N2O6.BrH/c1-29(2,3)37-28(34)30-26(21-10-6-5-7-11-21)27(33)36-25-19-31(16-14-20(25)15-17-31)18-23(32)22-12-8-9-13-24(22)35-4;/h5-13,20,25-26H,14-19H2,1-4H3;1H/t20?,25-,26?,31?;/m0./s1. The molecule has 5 rings (SSSR count). The lowest BCUT2D eigenvalue weighted by molar-refractivity contribution is -0.938. The number of ketones is 1. The molecule has 1 N–H and O–H groups in total. The molecule has 0 saturated carbocycles. The molecule has 0 aliphatic carbocycles. The predicted octanol–water partition coefficient (Wildman–Crippen LogP) is 1.30. The van der Waals surface area contributed by atoms with Crippen molar-refractivity contribution in [2.45, 2.75) is 51.4 Å². The molecule has 9 heteroatoms. The van der Waals surface area contributed by atoms with Crippen LogP contribution in [0.15, 0.2) is 54.6 Å². The minimum absolute atomic E-state index is 0. The van der Waals surface area contributed by atoms with Crippen molar-refractivity contribution in [2.75, 3.05) is 33.3 Å². The molecule has 8 nitrogen and oxygen atoms in total. The van der Waals surface area contributed by atoms with Crippen LogP contribution in [0.1, 0.15) is 55.6 Å². The number of para-hydroxylation sites is 1. The number of halogens is 1. The second kappa shape index (κ2) is 12.3. The van der Waals surface area contributed by atoms with Crippen molar-refractivity contribution in [2.24, 2.45) is 5.92 Å². The van der Waals surface area contributed by atoms with Gasteiger partial charge < -0.3 is 41.0 Å². The second-order valence-corrected chi connectivity index (χ2v) is 11.1. The number of carbonyl (C=O) groups is 3. The van der Waals surface area contributed by atoms with Crippen molar-refractivity contribution >= 4 is 17.8 Å². The Morgan fingerprint density at radius 1 is 1.00 bits per heavy atom. The molecule has 0 spiro atoms. The van der Waals surface area contributed by atoms with E-state index in [9.17, 15) is 14.4 Å². The quantitative estimate of drug-likeness (QED) is 0.284. The zero-order valence-corrected chi connectivity index (χ0v) is 24.0. The Labute approximate surface area is 235 Å². The SMILES string of the molecule is COc1ccccc1C(=O)C[N+]12CCC(CC1)[C@@H](OC(=O)C(NC(=O)OC(C)(C)C)c1ccccc1)C2.[Br-]. The predicted molar refractivity (Wildman–Crippen MR) is 138 cm³/mol. The number of hydrogen-bond acceptors (Lipinski definition) is 6. The summed E-state index contributed by atoms with van der Waals surface area (Å²) in [6, 6.07) is 15.3. The molecule has 2 atom stereocenters. The number of piperidine rings is 3. The first-order valence-corrected chi connectivity index (χ1v) is 12.9. The van der Waals surface area contributed by atoms with Gasteiger partial charge in [-0.1, -0.05) is 42.5 Å². The number of rotatable bonds is 8. The summed E-state index contributed by atoms with van der Waals surface area (Å²) in [5.41, 5.74) is 0.495. The first-order chi connectivity index (χ1) is 17.6. The van der Waals surface area contributed by atoms with E-state index in [0.29, 0.717) is 34.4 Å². The van der Waals surface area contributed by atoms with Crippen LogP contribution < -0.4 is 27.0 Å². The number of esters is 1. The molecule has 206 valence electrons. The van der Waals surface area contributed by atoms with Gasteiger partial charge in [0.1, 0.15) is 24.4 Å². The number of Topliss-reactive ketones (excluding diaryl/α,β-unsaturated/α-hetero) is 1. The van der Waals surface area contributed by atoms with Crippen LogP contribution in [0.3, 0.4) is 0 Å². The molecule has 0 aromatic heterocycles. The van der Waals surface area contributed by atoms with Crippen molar-refractivity contribution in [3.8, 4) is 5.75 Å². The zero-order valence-electron chi connectivity index (χ0n) is 22.4. The van der Waals surface area contributed by atoms with Crippen LogP contribution in [0.5, 0.6) is 5.75 Å². The smallest absolute Gasteiger partial charge is 0.408 e. The third-order valence-corrected chi connectivity index (χ3v) is 7.23. The minimum Gasteiger partial charge on any atom is -1.00 e. The van der Waals surface area contributed by atoms with Gasteiger partial charge in [0.05, 0.1) is 25.8 Å². The summed E-state index contributed by atoms with van der Waals surface area (Å²) in [4.78, 5) is 39.2. The van der Waals surface area contributed by atoms with E-state index >= 15 is 0 Å². The van der Waals surface area contributed by atoms with Gasteiger partial charge >= 0.3 is 12.1 Å². The summed E-state index contributed by atoms with van der Waals surface area (Å²) >= 11 is 0. The Hall–Kier alpha value is -2.91. The van der Waals surface area contributed by atoms with E-state index in [1.54, 1.807) is 52.1 Å². The zero-order chi connectivity index (χ0) is 26.6. The van der Waals surface area contributed by atoms with Gasteiger partial charge in [0, 0.05) is 18.8 Å². The van der Waals surface area contributed by atoms with Crippen LogP contribution in [0.25, 0.3) is 0 Å². The summed E-state index contributed by atoms with van der Waals surface area (Å²) in [6.45, 7) is 7.96. The number of quaternary nitrogens is 1. The average Bonchev–Trinajstić information content (AvgIpc) is 2.87. The number of ether oxygens (including phenoxy) is 3. The van der Waals surface area contributed by atoms with E-state index in [4.69, 9.17) is 14.2 Å².